The number of anilines is 2. The van der Waals surface area contributed by atoms with Crippen molar-refractivity contribution in [2.45, 2.75) is 13.3 Å². The van der Waals surface area contributed by atoms with E-state index in [0.717, 1.165) is 0 Å². The first-order valence-electron chi connectivity index (χ1n) is 7.95. The fourth-order valence-electron chi connectivity index (χ4n) is 2.20. The van der Waals surface area contributed by atoms with Gasteiger partial charge in [0.25, 0.3) is 5.91 Å². The topological polar surface area (TPSA) is 102 Å². The molecule has 138 valence electrons. The number of carbonyl (C=O) groups is 2. The highest BCUT2D eigenvalue weighted by molar-refractivity contribution is 7.92. The number of ether oxygens (including phenoxy) is 1. The van der Waals surface area contributed by atoms with Gasteiger partial charge in [-0.1, -0.05) is 6.92 Å². The minimum Gasteiger partial charge on any atom is -0.465 e. The van der Waals surface area contributed by atoms with Crippen molar-refractivity contribution in [1.29, 1.82) is 0 Å². The van der Waals surface area contributed by atoms with Gasteiger partial charge in [0.2, 0.25) is 10.0 Å². The SMILES string of the molecule is CCCS(=O)(=O)Nc1ccc(NC(=O)c2ccc(C(=O)OC)cc2)cc1. The van der Waals surface area contributed by atoms with Crippen LogP contribution in [-0.2, 0) is 14.8 Å². The van der Waals surface area contributed by atoms with Gasteiger partial charge in [0, 0.05) is 16.9 Å². The lowest BCUT2D eigenvalue weighted by Gasteiger charge is -2.09. The fraction of sp³-hybridized carbons (Fsp3) is 0.222. The van der Waals surface area contributed by atoms with Crippen LogP contribution >= 0.6 is 0 Å². The van der Waals surface area contributed by atoms with Crippen LogP contribution in [0.15, 0.2) is 48.5 Å². The number of rotatable bonds is 7. The summed E-state index contributed by atoms with van der Waals surface area (Å²) in [7, 11) is -2.07. The number of methoxy groups -OCH3 is 1. The molecular formula is C18H20N2O5S. The summed E-state index contributed by atoms with van der Waals surface area (Å²) >= 11 is 0. The molecule has 0 spiro atoms. The van der Waals surface area contributed by atoms with Gasteiger partial charge >= 0.3 is 5.97 Å². The van der Waals surface area contributed by atoms with Crippen LogP contribution in [0.2, 0.25) is 0 Å². The number of benzene rings is 2. The van der Waals surface area contributed by atoms with E-state index < -0.39 is 16.0 Å². The zero-order valence-corrected chi connectivity index (χ0v) is 15.3. The molecule has 2 aromatic rings. The molecule has 0 aliphatic heterocycles. The molecule has 1 amide bonds. The molecule has 7 nitrogen and oxygen atoms in total. The number of amides is 1. The molecule has 2 N–H and O–H groups in total. The van der Waals surface area contributed by atoms with E-state index in [2.05, 4.69) is 14.8 Å². The molecule has 0 bridgehead atoms. The highest BCUT2D eigenvalue weighted by atomic mass is 32.2. The number of sulfonamides is 1. The Morgan fingerprint density at radius 3 is 2.00 bits per heavy atom. The summed E-state index contributed by atoms with van der Waals surface area (Å²) in [5.41, 5.74) is 1.68. The molecule has 0 fully saturated rings. The normalized spacial score (nSPS) is 10.8. The number of carbonyl (C=O) groups excluding carboxylic acids is 2. The van der Waals surface area contributed by atoms with E-state index in [0.29, 0.717) is 28.9 Å². The molecule has 0 aliphatic carbocycles. The number of esters is 1. The Kier molecular flexibility index (Phi) is 6.35. The second-order valence-electron chi connectivity index (χ2n) is 5.52. The summed E-state index contributed by atoms with van der Waals surface area (Å²) in [5, 5.41) is 2.70. The summed E-state index contributed by atoms with van der Waals surface area (Å²) in [4.78, 5) is 23.6. The van der Waals surface area contributed by atoms with Gasteiger partial charge in [0.1, 0.15) is 0 Å². The Labute approximate surface area is 152 Å². The van der Waals surface area contributed by atoms with E-state index in [4.69, 9.17) is 0 Å². The molecule has 0 saturated carbocycles. The van der Waals surface area contributed by atoms with E-state index in [1.807, 2.05) is 0 Å². The van der Waals surface area contributed by atoms with Crippen molar-refractivity contribution in [3.8, 4) is 0 Å². The fourth-order valence-corrected chi connectivity index (χ4v) is 3.33. The van der Waals surface area contributed by atoms with Crippen molar-refractivity contribution >= 4 is 33.3 Å². The third kappa shape index (κ3) is 5.32. The van der Waals surface area contributed by atoms with Crippen molar-refractivity contribution in [3.63, 3.8) is 0 Å². The van der Waals surface area contributed by atoms with Gasteiger partial charge in [-0.15, -0.1) is 0 Å². The Balaban J connectivity index is 2.02. The smallest absolute Gasteiger partial charge is 0.337 e. The first kappa shape index (κ1) is 19.5. The molecule has 0 aromatic heterocycles. The minimum atomic E-state index is -3.35. The average Bonchev–Trinajstić information content (AvgIpc) is 2.62. The van der Waals surface area contributed by atoms with Crippen LogP contribution in [0.5, 0.6) is 0 Å². The summed E-state index contributed by atoms with van der Waals surface area (Å²) < 4.78 is 30.5. The largest absolute Gasteiger partial charge is 0.465 e. The maximum Gasteiger partial charge on any atom is 0.337 e. The van der Waals surface area contributed by atoms with Crippen LogP contribution < -0.4 is 10.0 Å². The Morgan fingerprint density at radius 2 is 1.46 bits per heavy atom. The second-order valence-corrected chi connectivity index (χ2v) is 7.36. The third-order valence-electron chi connectivity index (χ3n) is 3.46. The van der Waals surface area contributed by atoms with Gasteiger partial charge in [-0.25, -0.2) is 13.2 Å². The van der Waals surface area contributed by atoms with Gasteiger partial charge < -0.3 is 10.1 Å². The van der Waals surface area contributed by atoms with Crippen molar-refractivity contribution in [3.05, 3.63) is 59.7 Å². The van der Waals surface area contributed by atoms with E-state index in [-0.39, 0.29) is 11.7 Å². The molecule has 0 saturated heterocycles. The molecule has 0 unspecified atom stereocenters. The van der Waals surface area contributed by atoms with Gasteiger partial charge in [-0.3, -0.25) is 9.52 Å². The molecule has 0 radical (unpaired) electrons. The zero-order chi connectivity index (χ0) is 19.2. The van der Waals surface area contributed by atoms with E-state index in [9.17, 15) is 18.0 Å². The molecule has 0 heterocycles. The molecule has 26 heavy (non-hydrogen) atoms. The standard InChI is InChI=1S/C18H20N2O5S/c1-3-12-26(23,24)20-16-10-8-15(9-11-16)19-17(21)13-4-6-14(7-5-13)18(22)25-2/h4-11,20H,3,12H2,1-2H3,(H,19,21). The van der Waals surface area contributed by atoms with E-state index >= 15 is 0 Å². The summed E-state index contributed by atoms with van der Waals surface area (Å²) in [6.45, 7) is 1.79. The molecule has 2 rings (SSSR count). The Hall–Kier alpha value is -2.87. The lowest BCUT2D eigenvalue weighted by Crippen LogP contribution is -2.16. The molecule has 0 aliphatic rings. The van der Waals surface area contributed by atoms with Crippen molar-refractivity contribution in [2.24, 2.45) is 0 Å². The maximum atomic E-state index is 12.2. The number of hydrogen-bond acceptors (Lipinski definition) is 5. The predicted molar refractivity (Wildman–Crippen MR) is 99.9 cm³/mol. The van der Waals surface area contributed by atoms with Crippen LogP contribution in [-0.4, -0.2) is 33.2 Å². The van der Waals surface area contributed by atoms with Crippen LogP contribution in [0.25, 0.3) is 0 Å². The highest BCUT2D eigenvalue weighted by Gasteiger charge is 2.11. The molecule has 0 atom stereocenters. The van der Waals surface area contributed by atoms with Gasteiger partial charge in [-0.2, -0.15) is 0 Å². The van der Waals surface area contributed by atoms with Crippen LogP contribution in [0, 0.1) is 0 Å². The predicted octanol–water partition coefficient (Wildman–Crippen LogP) is 2.88. The first-order valence-corrected chi connectivity index (χ1v) is 9.60. The van der Waals surface area contributed by atoms with Crippen molar-refractivity contribution in [2.75, 3.05) is 22.9 Å². The molecule has 2 aromatic carbocycles. The second kappa shape index (κ2) is 8.48. The van der Waals surface area contributed by atoms with Crippen molar-refractivity contribution < 1.29 is 22.7 Å². The number of nitrogens with one attached hydrogen (secondary N) is 2. The highest BCUT2D eigenvalue weighted by Crippen LogP contribution is 2.16. The van der Waals surface area contributed by atoms with Crippen LogP contribution in [0.3, 0.4) is 0 Å². The first-order chi connectivity index (χ1) is 12.3. The lowest BCUT2D eigenvalue weighted by molar-refractivity contribution is 0.0600. The van der Waals surface area contributed by atoms with Crippen LogP contribution in [0.4, 0.5) is 11.4 Å². The van der Waals surface area contributed by atoms with E-state index in [1.54, 1.807) is 31.2 Å². The monoisotopic (exact) mass is 376 g/mol. The maximum absolute atomic E-state index is 12.2. The molecule has 8 heteroatoms. The Bertz CT molecular complexity index is 875. The zero-order valence-electron chi connectivity index (χ0n) is 14.5. The lowest BCUT2D eigenvalue weighted by atomic mass is 10.1. The average molecular weight is 376 g/mol. The van der Waals surface area contributed by atoms with Crippen LogP contribution in [0.1, 0.15) is 34.1 Å². The molecular weight excluding hydrogens is 356 g/mol. The summed E-state index contributed by atoms with van der Waals surface area (Å²) in [6.07, 6.45) is 0.526. The summed E-state index contributed by atoms with van der Waals surface area (Å²) in [5.74, 6) is -0.772. The quantitative estimate of drug-likeness (QED) is 0.724. The van der Waals surface area contributed by atoms with E-state index in [1.165, 1.54) is 31.4 Å². The summed E-state index contributed by atoms with van der Waals surface area (Å²) in [6, 6.07) is 12.4. The van der Waals surface area contributed by atoms with Gasteiger partial charge in [0.05, 0.1) is 18.4 Å². The minimum absolute atomic E-state index is 0.0487. The van der Waals surface area contributed by atoms with Gasteiger partial charge in [0.15, 0.2) is 0 Å². The third-order valence-corrected chi connectivity index (χ3v) is 4.95. The van der Waals surface area contributed by atoms with Crippen molar-refractivity contribution in [1.82, 2.24) is 0 Å². The Morgan fingerprint density at radius 1 is 0.923 bits per heavy atom. The van der Waals surface area contributed by atoms with Gasteiger partial charge in [-0.05, 0) is 55.0 Å². The number of hydrogen-bond donors (Lipinski definition) is 2.